The van der Waals surface area contributed by atoms with Crippen molar-refractivity contribution in [2.24, 2.45) is 7.05 Å². The highest BCUT2D eigenvalue weighted by molar-refractivity contribution is 9.10. The average Bonchev–Trinajstić information content (AvgIpc) is 2.81. The Bertz CT molecular complexity index is 550. The molecule has 0 saturated carbocycles. The van der Waals surface area contributed by atoms with Crippen LogP contribution in [0.15, 0.2) is 41.0 Å². The lowest BCUT2D eigenvalue weighted by molar-refractivity contribution is 0.115. The third kappa shape index (κ3) is 3.05. The van der Waals surface area contributed by atoms with Crippen LogP contribution in [0.3, 0.4) is 0 Å². The summed E-state index contributed by atoms with van der Waals surface area (Å²) in [6.07, 6.45) is 2.35. The summed E-state index contributed by atoms with van der Waals surface area (Å²) < 4.78 is 2.65. The molecule has 0 bridgehead atoms. The topological polar surface area (TPSA) is 58.3 Å². The maximum absolute atomic E-state index is 9.78. The van der Waals surface area contributed by atoms with E-state index in [4.69, 9.17) is 0 Å². The zero-order valence-corrected chi connectivity index (χ0v) is 12.3. The molecular weight excluding hydrogens is 308 g/mol. The normalized spacial score (nSPS) is 11.8. The highest BCUT2D eigenvalue weighted by atomic mass is 79.9. The van der Waals surface area contributed by atoms with Gasteiger partial charge in [-0.1, -0.05) is 28.1 Å². The summed E-state index contributed by atoms with van der Waals surface area (Å²) in [6, 6.07) is 9.56. The predicted molar refractivity (Wildman–Crippen MR) is 76.9 cm³/mol. The van der Waals surface area contributed by atoms with Crippen LogP contribution in [-0.2, 0) is 18.9 Å². The first-order chi connectivity index (χ1) is 9.09. The highest BCUT2D eigenvalue weighted by Gasteiger charge is 2.32. The molecule has 1 aromatic carbocycles. The zero-order valence-electron chi connectivity index (χ0n) is 10.8. The molecular formula is C14H17BrN2O2. The minimum Gasteiger partial charge on any atom is -0.395 e. The molecule has 102 valence electrons. The molecule has 0 atom stereocenters. The van der Waals surface area contributed by atoms with E-state index < -0.39 is 5.41 Å². The molecule has 0 fully saturated rings. The standard InChI is InChI=1S/C14H17BrN2O2/c1-17-6-5-13(16-17)8-14(9-18,10-19)11-3-2-4-12(15)7-11/h2-7,18-19H,8-10H2,1H3. The molecule has 0 aliphatic carbocycles. The predicted octanol–water partition coefficient (Wildman–Crippen LogP) is 1.65. The van der Waals surface area contributed by atoms with E-state index >= 15 is 0 Å². The lowest BCUT2D eigenvalue weighted by Crippen LogP contribution is -2.37. The lowest BCUT2D eigenvalue weighted by Gasteiger charge is -2.30. The lowest BCUT2D eigenvalue weighted by atomic mass is 9.78. The number of hydrogen-bond donors (Lipinski definition) is 2. The van der Waals surface area contributed by atoms with E-state index in [1.54, 1.807) is 4.68 Å². The van der Waals surface area contributed by atoms with Crippen LogP contribution in [0.4, 0.5) is 0 Å². The second-order valence-corrected chi connectivity index (χ2v) is 5.68. The van der Waals surface area contributed by atoms with Crippen LogP contribution in [0.1, 0.15) is 11.3 Å². The molecule has 0 radical (unpaired) electrons. The van der Waals surface area contributed by atoms with Crippen molar-refractivity contribution in [3.8, 4) is 0 Å². The second kappa shape index (κ2) is 5.86. The first-order valence-electron chi connectivity index (χ1n) is 6.06. The number of aromatic nitrogens is 2. The molecule has 5 heteroatoms. The summed E-state index contributed by atoms with van der Waals surface area (Å²) in [5, 5.41) is 23.9. The molecule has 2 aromatic rings. The Kier molecular flexibility index (Phi) is 4.39. The van der Waals surface area contributed by atoms with Crippen LogP contribution in [0.5, 0.6) is 0 Å². The van der Waals surface area contributed by atoms with Gasteiger partial charge in [-0.25, -0.2) is 0 Å². The van der Waals surface area contributed by atoms with Gasteiger partial charge in [-0.15, -0.1) is 0 Å². The summed E-state index contributed by atoms with van der Waals surface area (Å²) in [4.78, 5) is 0. The van der Waals surface area contributed by atoms with Crippen molar-refractivity contribution in [3.63, 3.8) is 0 Å². The summed E-state index contributed by atoms with van der Waals surface area (Å²) in [6.45, 7) is -0.257. The van der Waals surface area contributed by atoms with Gasteiger partial charge < -0.3 is 10.2 Å². The molecule has 2 rings (SSSR count). The molecule has 0 saturated heterocycles. The van der Waals surface area contributed by atoms with Gasteiger partial charge in [-0.2, -0.15) is 5.10 Å². The van der Waals surface area contributed by atoms with Crippen molar-refractivity contribution >= 4 is 15.9 Å². The zero-order chi connectivity index (χ0) is 13.9. The van der Waals surface area contributed by atoms with Crippen LogP contribution in [0, 0.1) is 0 Å². The van der Waals surface area contributed by atoms with Gasteiger partial charge in [0.05, 0.1) is 18.9 Å². The quantitative estimate of drug-likeness (QED) is 0.879. The summed E-state index contributed by atoms with van der Waals surface area (Å²) in [5.41, 5.74) is 1.04. The van der Waals surface area contributed by atoms with Gasteiger partial charge in [0.15, 0.2) is 0 Å². The van der Waals surface area contributed by atoms with Crippen LogP contribution in [-0.4, -0.2) is 33.2 Å². The van der Waals surface area contributed by atoms with Gasteiger partial charge in [-0.3, -0.25) is 4.68 Å². The number of hydrogen-bond acceptors (Lipinski definition) is 3. The molecule has 2 N–H and O–H groups in total. The van der Waals surface area contributed by atoms with Crippen LogP contribution in [0.2, 0.25) is 0 Å². The molecule has 0 aliphatic heterocycles. The minimum absolute atomic E-state index is 0.128. The maximum atomic E-state index is 9.78. The average molecular weight is 325 g/mol. The Balaban J connectivity index is 2.37. The monoisotopic (exact) mass is 324 g/mol. The summed E-state index contributed by atoms with van der Waals surface area (Å²) in [5.74, 6) is 0. The van der Waals surface area contributed by atoms with Crippen molar-refractivity contribution in [1.82, 2.24) is 9.78 Å². The number of halogens is 1. The van der Waals surface area contributed by atoms with Crippen LogP contribution in [0.25, 0.3) is 0 Å². The SMILES string of the molecule is Cn1ccc(CC(CO)(CO)c2cccc(Br)c2)n1. The van der Waals surface area contributed by atoms with E-state index in [9.17, 15) is 10.2 Å². The van der Waals surface area contributed by atoms with E-state index in [0.29, 0.717) is 6.42 Å². The van der Waals surface area contributed by atoms with Gasteiger partial charge in [0.25, 0.3) is 0 Å². The third-order valence-corrected chi connectivity index (χ3v) is 3.82. The first kappa shape index (κ1) is 14.2. The minimum atomic E-state index is -0.710. The van der Waals surface area contributed by atoms with Crippen molar-refractivity contribution in [3.05, 3.63) is 52.3 Å². The number of aliphatic hydroxyl groups is 2. The Hall–Kier alpha value is -1.17. The fourth-order valence-corrected chi connectivity index (χ4v) is 2.57. The molecule has 1 heterocycles. The smallest absolute Gasteiger partial charge is 0.0635 e. The van der Waals surface area contributed by atoms with E-state index in [1.165, 1.54) is 0 Å². The Morgan fingerprint density at radius 1 is 1.26 bits per heavy atom. The molecule has 4 nitrogen and oxygen atoms in total. The number of nitrogens with zero attached hydrogens (tertiary/aromatic N) is 2. The number of rotatable bonds is 5. The molecule has 1 aromatic heterocycles. The number of aliphatic hydroxyl groups excluding tert-OH is 2. The third-order valence-electron chi connectivity index (χ3n) is 3.33. The molecule has 0 spiro atoms. The van der Waals surface area contributed by atoms with Crippen molar-refractivity contribution in [2.45, 2.75) is 11.8 Å². The van der Waals surface area contributed by atoms with E-state index in [2.05, 4.69) is 21.0 Å². The number of aryl methyl sites for hydroxylation is 1. The van der Waals surface area contributed by atoms with Gasteiger partial charge in [0.1, 0.15) is 0 Å². The summed E-state index contributed by atoms with van der Waals surface area (Å²) >= 11 is 3.42. The molecule has 0 unspecified atom stereocenters. The highest BCUT2D eigenvalue weighted by Crippen LogP contribution is 2.29. The van der Waals surface area contributed by atoms with Gasteiger partial charge in [0, 0.05) is 29.6 Å². The van der Waals surface area contributed by atoms with Crippen molar-refractivity contribution in [2.75, 3.05) is 13.2 Å². The Morgan fingerprint density at radius 2 is 2.00 bits per heavy atom. The first-order valence-corrected chi connectivity index (χ1v) is 6.85. The Labute approximate surface area is 120 Å². The van der Waals surface area contributed by atoms with E-state index in [0.717, 1.165) is 15.7 Å². The maximum Gasteiger partial charge on any atom is 0.0635 e. The molecule has 19 heavy (non-hydrogen) atoms. The van der Waals surface area contributed by atoms with E-state index in [-0.39, 0.29) is 13.2 Å². The second-order valence-electron chi connectivity index (χ2n) is 4.76. The van der Waals surface area contributed by atoms with Crippen LogP contribution < -0.4 is 0 Å². The van der Waals surface area contributed by atoms with Crippen molar-refractivity contribution in [1.29, 1.82) is 0 Å². The van der Waals surface area contributed by atoms with Gasteiger partial charge in [-0.05, 0) is 23.8 Å². The summed E-state index contributed by atoms with van der Waals surface area (Å²) in [7, 11) is 1.85. The van der Waals surface area contributed by atoms with Gasteiger partial charge >= 0.3 is 0 Å². The van der Waals surface area contributed by atoms with Crippen LogP contribution >= 0.6 is 15.9 Å². The van der Waals surface area contributed by atoms with Crippen molar-refractivity contribution < 1.29 is 10.2 Å². The number of benzene rings is 1. The molecule has 0 amide bonds. The van der Waals surface area contributed by atoms with E-state index in [1.807, 2.05) is 43.6 Å². The van der Waals surface area contributed by atoms with Gasteiger partial charge in [0.2, 0.25) is 0 Å². The molecule has 0 aliphatic rings. The largest absolute Gasteiger partial charge is 0.395 e. The fourth-order valence-electron chi connectivity index (χ4n) is 2.17. The fraction of sp³-hybridized carbons (Fsp3) is 0.357. The Morgan fingerprint density at radius 3 is 2.53 bits per heavy atom.